The van der Waals surface area contributed by atoms with Crippen molar-refractivity contribution in [2.75, 3.05) is 24.2 Å². The monoisotopic (exact) mass is 549 g/mol. The zero-order chi connectivity index (χ0) is 27.2. The molecule has 37 heavy (non-hydrogen) atoms. The third-order valence-corrected chi connectivity index (χ3v) is 8.17. The minimum Gasteiger partial charge on any atom is -0.495 e. The zero-order valence-corrected chi connectivity index (χ0v) is 23.4. The van der Waals surface area contributed by atoms with Crippen LogP contribution in [0.1, 0.15) is 50.2 Å². The molecule has 10 heteroatoms. The smallest absolute Gasteiger partial charge is 0.244 e. The molecule has 0 bridgehead atoms. The van der Waals surface area contributed by atoms with Crippen molar-refractivity contribution in [1.29, 1.82) is 0 Å². The second-order valence-electron chi connectivity index (χ2n) is 9.55. The number of hydrogen-bond acceptors (Lipinski definition) is 5. The number of ether oxygens (including phenoxy) is 1. The molecule has 0 aromatic heterocycles. The summed E-state index contributed by atoms with van der Waals surface area (Å²) in [5.41, 5.74) is 2.00. The average Bonchev–Trinajstić information content (AvgIpc) is 2.86. The van der Waals surface area contributed by atoms with Crippen LogP contribution in [0.4, 0.5) is 5.69 Å². The number of hydrogen-bond donors (Lipinski definition) is 1. The normalized spacial score (nSPS) is 15.1. The summed E-state index contributed by atoms with van der Waals surface area (Å²) < 4.78 is 32.0. The Kier molecular flexibility index (Phi) is 9.84. The molecule has 202 valence electrons. The van der Waals surface area contributed by atoms with Gasteiger partial charge in [-0.3, -0.25) is 13.9 Å². The number of rotatable bonds is 10. The van der Waals surface area contributed by atoms with E-state index < -0.39 is 28.5 Å². The van der Waals surface area contributed by atoms with Crippen LogP contribution in [-0.2, 0) is 26.2 Å². The summed E-state index contributed by atoms with van der Waals surface area (Å²) in [5, 5.41) is 3.39. The third-order valence-electron chi connectivity index (χ3n) is 6.81. The van der Waals surface area contributed by atoms with E-state index in [1.54, 1.807) is 19.1 Å². The molecule has 0 aliphatic heterocycles. The van der Waals surface area contributed by atoms with Gasteiger partial charge in [-0.05, 0) is 56.0 Å². The highest BCUT2D eigenvalue weighted by atomic mass is 35.5. The summed E-state index contributed by atoms with van der Waals surface area (Å²) in [7, 11) is -2.49. The first-order valence-corrected chi connectivity index (χ1v) is 14.7. The van der Waals surface area contributed by atoms with Crippen molar-refractivity contribution < 1.29 is 22.7 Å². The third kappa shape index (κ3) is 7.61. The molecule has 2 aromatic carbocycles. The fraction of sp³-hybridized carbons (Fsp3) is 0.481. The Labute approximate surface area is 225 Å². The van der Waals surface area contributed by atoms with E-state index in [2.05, 4.69) is 5.32 Å². The van der Waals surface area contributed by atoms with Crippen LogP contribution < -0.4 is 14.4 Å². The lowest BCUT2D eigenvalue weighted by atomic mass is 9.95. The number of carbonyl (C=O) groups is 2. The molecule has 0 radical (unpaired) electrons. The van der Waals surface area contributed by atoms with Gasteiger partial charge >= 0.3 is 0 Å². The molecular weight excluding hydrogens is 514 g/mol. The highest BCUT2D eigenvalue weighted by Gasteiger charge is 2.32. The van der Waals surface area contributed by atoms with E-state index in [9.17, 15) is 18.0 Å². The van der Waals surface area contributed by atoms with Gasteiger partial charge in [0.1, 0.15) is 18.3 Å². The molecule has 2 aromatic rings. The Hall–Kier alpha value is -2.78. The molecule has 1 N–H and O–H groups in total. The van der Waals surface area contributed by atoms with Crippen molar-refractivity contribution in [2.45, 2.75) is 64.6 Å². The number of sulfonamides is 1. The van der Waals surface area contributed by atoms with Gasteiger partial charge in [0, 0.05) is 17.6 Å². The number of carbonyl (C=O) groups excluding carboxylic acids is 2. The Balaban J connectivity index is 1.93. The second-order valence-corrected chi connectivity index (χ2v) is 11.9. The maximum Gasteiger partial charge on any atom is 0.244 e. The molecule has 1 aliphatic carbocycles. The van der Waals surface area contributed by atoms with E-state index in [1.165, 1.54) is 18.1 Å². The van der Waals surface area contributed by atoms with E-state index in [0.29, 0.717) is 5.02 Å². The van der Waals surface area contributed by atoms with Crippen LogP contribution in [0.25, 0.3) is 0 Å². The minimum absolute atomic E-state index is 0.0855. The van der Waals surface area contributed by atoms with Crippen LogP contribution in [-0.4, -0.2) is 57.1 Å². The Morgan fingerprint density at radius 2 is 1.81 bits per heavy atom. The van der Waals surface area contributed by atoms with Crippen LogP contribution in [0.15, 0.2) is 42.5 Å². The van der Waals surface area contributed by atoms with Crippen molar-refractivity contribution in [2.24, 2.45) is 0 Å². The number of halogens is 1. The molecule has 1 atom stereocenters. The largest absolute Gasteiger partial charge is 0.495 e. The molecule has 8 nitrogen and oxygen atoms in total. The van der Waals surface area contributed by atoms with Gasteiger partial charge in [0.15, 0.2) is 0 Å². The molecular formula is C27H36ClN3O5S. The standard InChI is InChI=1S/C27H36ClN3O5S/c1-19-10-8-9-11-21(19)17-30(20(2)27(33)29-23-12-6-5-7-13-23)26(32)18-31(37(4,34)35)24-16-22(28)14-15-25(24)36-3/h8-11,14-16,20,23H,5-7,12-13,17-18H2,1-4H3,(H,29,33)/t20-/m0/s1. The van der Waals surface area contributed by atoms with Gasteiger partial charge in [-0.1, -0.05) is 55.1 Å². The number of amides is 2. The summed E-state index contributed by atoms with van der Waals surface area (Å²) in [4.78, 5) is 28.5. The first kappa shape index (κ1) is 28.8. The number of methoxy groups -OCH3 is 1. The summed E-state index contributed by atoms with van der Waals surface area (Å²) in [5.74, 6) is -0.502. The predicted octanol–water partition coefficient (Wildman–Crippen LogP) is 4.29. The fourth-order valence-corrected chi connectivity index (χ4v) is 5.59. The molecule has 0 heterocycles. The lowest BCUT2D eigenvalue weighted by Gasteiger charge is -2.33. The average molecular weight is 550 g/mol. The zero-order valence-electron chi connectivity index (χ0n) is 21.9. The van der Waals surface area contributed by atoms with Crippen LogP contribution in [0.5, 0.6) is 5.75 Å². The summed E-state index contributed by atoms with van der Waals surface area (Å²) in [6, 6.07) is 11.5. The SMILES string of the molecule is COc1ccc(Cl)cc1N(CC(=O)N(Cc1ccccc1C)[C@@H](C)C(=O)NC1CCCCC1)S(C)(=O)=O. The number of aryl methyl sites for hydroxylation is 1. The van der Waals surface area contributed by atoms with Gasteiger partial charge in [0.05, 0.1) is 19.1 Å². The topological polar surface area (TPSA) is 96.0 Å². The summed E-state index contributed by atoms with van der Waals surface area (Å²) in [6.07, 6.45) is 6.15. The first-order chi connectivity index (χ1) is 17.5. The van der Waals surface area contributed by atoms with E-state index >= 15 is 0 Å². The number of benzene rings is 2. The van der Waals surface area contributed by atoms with Crippen molar-refractivity contribution in [1.82, 2.24) is 10.2 Å². The molecule has 0 spiro atoms. The van der Waals surface area contributed by atoms with Crippen molar-refractivity contribution in [3.63, 3.8) is 0 Å². The molecule has 1 aliphatic rings. The second kappa shape index (κ2) is 12.6. The van der Waals surface area contributed by atoms with Crippen LogP contribution in [0.2, 0.25) is 5.02 Å². The maximum absolute atomic E-state index is 13.8. The predicted molar refractivity (Wildman–Crippen MR) is 146 cm³/mol. The molecule has 1 fully saturated rings. The highest BCUT2D eigenvalue weighted by molar-refractivity contribution is 7.92. The Morgan fingerprint density at radius 3 is 2.43 bits per heavy atom. The molecule has 0 unspecified atom stereocenters. The number of nitrogens with zero attached hydrogens (tertiary/aromatic N) is 2. The summed E-state index contributed by atoms with van der Waals surface area (Å²) >= 11 is 6.15. The van der Waals surface area contributed by atoms with Gasteiger partial charge in [-0.25, -0.2) is 8.42 Å². The molecule has 3 rings (SSSR count). The first-order valence-electron chi connectivity index (χ1n) is 12.5. The quantitative estimate of drug-likeness (QED) is 0.477. The van der Waals surface area contributed by atoms with E-state index in [1.807, 2.05) is 31.2 Å². The fourth-order valence-electron chi connectivity index (χ4n) is 4.58. The maximum atomic E-state index is 13.8. The molecule has 1 saturated carbocycles. The number of nitrogens with one attached hydrogen (secondary N) is 1. The highest BCUT2D eigenvalue weighted by Crippen LogP contribution is 2.33. The lowest BCUT2D eigenvalue weighted by molar-refractivity contribution is -0.139. The Morgan fingerprint density at radius 1 is 1.14 bits per heavy atom. The van der Waals surface area contributed by atoms with E-state index in [-0.39, 0.29) is 29.9 Å². The van der Waals surface area contributed by atoms with E-state index in [0.717, 1.165) is 53.8 Å². The lowest BCUT2D eigenvalue weighted by Crippen LogP contribution is -2.53. The molecule has 2 amide bonds. The van der Waals surface area contributed by atoms with E-state index in [4.69, 9.17) is 16.3 Å². The van der Waals surface area contributed by atoms with Crippen LogP contribution in [0, 0.1) is 6.92 Å². The number of anilines is 1. The van der Waals surface area contributed by atoms with Gasteiger partial charge in [0.2, 0.25) is 21.8 Å². The van der Waals surface area contributed by atoms with Gasteiger partial charge < -0.3 is 15.0 Å². The van der Waals surface area contributed by atoms with Crippen LogP contribution in [0.3, 0.4) is 0 Å². The Bertz CT molecular complexity index is 1210. The summed E-state index contributed by atoms with van der Waals surface area (Å²) in [6.45, 7) is 3.26. The van der Waals surface area contributed by atoms with Gasteiger partial charge in [-0.2, -0.15) is 0 Å². The van der Waals surface area contributed by atoms with Crippen molar-refractivity contribution in [3.05, 3.63) is 58.6 Å². The van der Waals surface area contributed by atoms with Gasteiger partial charge in [0.25, 0.3) is 0 Å². The van der Waals surface area contributed by atoms with Crippen molar-refractivity contribution in [3.8, 4) is 5.75 Å². The van der Waals surface area contributed by atoms with Gasteiger partial charge in [-0.15, -0.1) is 0 Å². The van der Waals surface area contributed by atoms with Crippen molar-refractivity contribution >= 4 is 39.1 Å². The van der Waals surface area contributed by atoms with Crippen LogP contribution >= 0.6 is 11.6 Å². The minimum atomic E-state index is -3.90. The molecule has 0 saturated heterocycles.